The van der Waals surface area contributed by atoms with Gasteiger partial charge in [-0.15, -0.1) is 0 Å². The van der Waals surface area contributed by atoms with Crippen LogP contribution in [0.4, 0.5) is 11.5 Å². The van der Waals surface area contributed by atoms with E-state index in [4.69, 9.17) is 23.2 Å². The fourth-order valence-corrected chi connectivity index (χ4v) is 2.99. The van der Waals surface area contributed by atoms with Crippen LogP contribution < -0.4 is 10.2 Å². The maximum absolute atomic E-state index is 12.4. The smallest absolute Gasteiger partial charge is 0.231 e. The molecule has 7 nitrogen and oxygen atoms in total. The molecule has 1 N–H and O–H groups in total. The van der Waals surface area contributed by atoms with Crippen LogP contribution in [0.3, 0.4) is 0 Å². The van der Waals surface area contributed by atoms with Crippen LogP contribution >= 0.6 is 23.2 Å². The Balaban J connectivity index is 1.38. The van der Waals surface area contributed by atoms with E-state index in [1.54, 1.807) is 29.1 Å². The molecule has 0 unspecified atom stereocenters. The number of carbonyl (C=O) groups is 1. The van der Waals surface area contributed by atoms with Crippen molar-refractivity contribution in [1.82, 2.24) is 19.7 Å². The minimum Gasteiger partial charge on any atom is -0.355 e. The molecule has 0 bridgehead atoms. The van der Waals surface area contributed by atoms with E-state index in [0.29, 0.717) is 34.6 Å². The summed E-state index contributed by atoms with van der Waals surface area (Å²) in [5.41, 5.74) is 0.630. The van der Waals surface area contributed by atoms with E-state index in [-0.39, 0.29) is 11.8 Å². The highest BCUT2D eigenvalue weighted by Gasteiger charge is 2.33. The van der Waals surface area contributed by atoms with Crippen molar-refractivity contribution in [3.63, 3.8) is 0 Å². The number of amides is 1. The van der Waals surface area contributed by atoms with Gasteiger partial charge in [-0.3, -0.25) is 4.79 Å². The van der Waals surface area contributed by atoms with Gasteiger partial charge in [-0.1, -0.05) is 23.2 Å². The minimum absolute atomic E-state index is 0.0546. The average Bonchev–Trinajstić information content (AvgIpc) is 3.12. The van der Waals surface area contributed by atoms with Gasteiger partial charge in [0.15, 0.2) is 5.82 Å². The summed E-state index contributed by atoms with van der Waals surface area (Å²) in [4.78, 5) is 22.9. The second-order valence-electron chi connectivity index (χ2n) is 5.91. The SMILES string of the molecule is O=C(Nc1ccc(Cl)c(Cl)c1)C1CN(c2cc(-n3cccn3)ncn2)C1. The predicted molar refractivity (Wildman–Crippen MR) is 99.9 cm³/mol. The van der Waals surface area contributed by atoms with Crippen LogP contribution in [-0.2, 0) is 4.79 Å². The fourth-order valence-electron chi connectivity index (χ4n) is 2.69. The first-order valence-electron chi connectivity index (χ1n) is 7.93. The van der Waals surface area contributed by atoms with Crippen LogP contribution in [0.5, 0.6) is 0 Å². The molecule has 2 aromatic heterocycles. The summed E-state index contributed by atoms with van der Waals surface area (Å²) in [6, 6.07) is 8.70. The molecule has 1 aliphatic heterocycles. The molecule has 1 saturated heterocycles. The van der Waals surface area contributed by atoms with Crippen molar-refractivity contribution >= 4 is 40.6 Å². The third-order valence-electron chi connectivity index (χ3n) is 4.14. The summed E-state index contributed by atoms with van der Waals surface area (Å²) in [7, 11) is 0. The molecular formula is C17H14Cl2N6O. The molecule has 0 spiro atoms. The van der Waals surface area contributed by atoms with Crippen LogP contribution in [-0.4, -0.2) is 38.7 Å². The van der Waals surface area contributed by atoms with Gasteiger partial charge in [0.1, 0.15) is 12.1 Å². The van der Waals surface area contributed by atoms with Crippen LogP contribution in [0.25, 0.3) is 5.82 Å². The quantitative estimate of drug-likeness (QED) is 0.743. The number of hydrogen-bond acceptors (Lipinski definition) is 5. The third kappa shape index (κ3) is 3.36. The molecular weight excluding hydrogens is 375 g/mol. The van der Waals surface area contributed by atoms with Crippen molar-refractivity contribution in [3.05, 3.63) is 59.1 Å². The van der Waals surface area contributed by atoms with Crippen molar-refractivity contribution in [2.24, 2.45) is 5.92 Å². The summed E-state index contributed by atoms with van der Waals surface area (Å²) in [5.74, 6) is 1.28. The average molecular weight is 389 g/mol. The van der Waals surface area contributed by atoms with Gasteiger partial charge in [-0.2, -0.15) is 5.10 Å². The monoisotopic (exact) mass is 388 g/mol. The molecule has 0 atom stereocenters. The zero-order valence-electron chi connectivity index (χ0n) is 13.5. The number of benzene rings is 1. The first-order chi connectivity index (χ1) is 12.6. The van der Waals surface area contributed by atoms with E-state index in [9.17, 15) is 4.79 Å². The second-order valence-corrected chi connectivity index (χ2v) is 6.72. The van der Waals surface area contributed by atoms with Gasteiger partial charge in [0.2, 0.25) is 5.91 Å². The van der Waals surface area contributed by atoms with E-state index in [1.165, 1.54) is 6.33 Å². The Morgan fingerprint density at radius 2 is 1.92 bits per heavy atom. The van der Waals surface area contributed by atoms with Crippen molar-refractivity contribution in [2.75, 3.05) is 23.3 Å². The highest BCUT2D eigenvalue weighted by molar-refractivity contribution is 6.42. The highest BCUT2D eigenvalue weighted by atomic mass is 35.5. The van der Waals surface area contributed by atoms with Crippen molar-refractivity contribution in [1.29, 1.82) is 0 Å². The molecule has 1 fully saturated rings. The maximum atomic E-state index is 12.4. The van der Waals surface area contributed by atoms with Crippen LogP contribution in [0.1, 0.15) is 0 Å². The summed E-state index contributed by atoms with van der Waals surface area (Å²) < 4.78 is 1.67. The van der Waals surface area contributed by atoms with Crippen LogP contribution in [0.15, 0.2) is 49.1 Å². The molecule has 9 heteroatoms. The van der Waals surface area contributed by atoms with Crippen LogP contribution in [0, 0.1) is 5.92 Å². The zero-order valence-corrected chi connectivity index (χ0v) is 15.0. The number of halogens is 2. The molecule has 1 amide bonds. The highest BCUT2D eigenvalue weighted by Crippen LogP contribution is 2.27. The number of nitrogens with zero attached hydrogens (tertiary/aromatic N) is 5. The Kier molecular flexibility index (Phi) is 4.48. The third-order valence-corrected chi connectivity index (χ3v) is 4.88. The number of hydrogen-bond donors (Lipinski definition) is 1. The number of aromatic nitrogens is 4. The summed E-state index contributed by atoms with van der Waals surface area (Å²) >= 11 is 11.9. The van der Waals surface area contributed by atoms with E-state index >= 15 is 0 Å². The Hall–Kier alpha value is -2.64. The molecule has 26 heavy (non-hydrogen) atoms. The van der Waals surface area contributed by atoms with Crippen molar-refractivity contribution < 1.29 is 4.79 Å². The maximum Gasteiger partial charge on any atom is 0.231 e. The number of rotatable bonds is 4. The van der Waals surface area contributed by atoms with Crippen LogP contribution in [0.2, 0.25) is 10.0 Å². The fraction of sp³-hybridized carbons (Fsp3) is 0.176. The molecule has 132 valence electrons. The first-order valence-corrected chi connectivity index (χ1v) is 8.68. The van der Waals surface area contributed by atoms with Gasteiger partial charge in [0.05, 0.1) is 16.0 Å². The summed E-state index contributed by atoms with van der Waals surface area (Å²) in [5, 5.41) is 7.88. The van der Waals surface area contributed by atoms with Crippen molar-refractivity contribution in [3.8, 4) is 5.82 Å². The number of carbonyl (C=O) groups excluding carboxylic acids is 1. The summed E-state index contributed by atoms with van der Waals surface area (Å²) in [6.45, 7) is 1.17. The number of anilines is 2. The van der Waals surface area contributed by atoms with Gasteiger partial charge in [0.25, 0.3) is 0 Å². The normalized spacial score (nSPS) is 14.2. The van der Waals surface area contributed by atoms with Gasteiger partial charge < -0.3 is 10.2 Å². The Morgan fingerprint density at radius 1 is 1.12 bits per heavy atom. The molecule has 3 heterocycles. The standard InChI is InChI=1S/C17H14Cl2N6O/c18-13-3-2-12(6-14(13)19)23-17(26)11-8-24(9-11)15-7-16(21-10-20-15)25-5-1-4-22-25/h1-7,10-11H,8-9H2,(H,23,26). The van der Waals surface area contributed by atoms with E-state index in [2.05, 4.69) is 20.4 Å². The molecule has 0 aliphatic carbocycles. The lowest BCUT2D eigenvalue weighted by molar-refractivity contribution is -0.120. The lowest BCUT2D eigenvalue weighted by Gasteiger charge is -2.39. The Bertz CT molecular complexity index is 940. The molecule has 0 radical (unpaired) electrons. The molecule has 1 aromatic carbocycles. The molecule has 4 rings (SSSR count). The lowest BCUT2D eigenvalue weighted by atomic mass is 9.99. The molecule has 0 saturated carbocycles. The second kappa shape index (κ2) is 6.93. The largest absolute Gasteiger partial charge is 0.355 e. The van der Waals surface area contributed by atoms with E-state index < -0.39 is 0 Å². The molecule has 3 aromatic rings. The van der Waals surface area contributed by atoms with Gasteiger partial charge in [0, 0.05) is 37.2 Å². The van der Waals surface area contributed by atoms with Gasteiger partial charge in [-0.05, 0) is 24.3 Å². The lowest BCUT2D eigenvalue weighted by Crippen LogP contribution is -2.52. The van der Waals surface area contributed by atoms with Gasteiger partial charge in [-0.25, -0.2) is 14.6 Å². The topological polar surface area (TPSA) is 75.9 Å². The number of nitrogens with one attached hydrogen (secondary N) is 1. The van der Waals surface area contributed by atoms with E-state index in [0.717, 1.165) is 5.82 Å². The van der Waals surface area contributed by atoms with Crippen molar-refractivity contribution in [2.45, 2.75) is 0 Å². The molecule has 1 aliphatic rings. The summed E-state index contributed by atoms with van der Waals surface area (Å²) in [6.07, 6.45) is 5.00. The Labute approximate surface area is 159 Å². The van der Waals surface area contributed by atoms with E-state index in [1.807, 2.05) is 23.2 Å². The first kappa shape index (κ1) is 16.8. The Morgan fingerprint density at radius 3 is 2.65 bits per heavy atom. The predicted octanol–water partition coefficient (Wildman–Crippen LogP) is 3.04. The minimum atomic E-state index is -0.118. The van der Waals surface area contributed by atoms with Gasteiger partial charge >= 0.3 is 0 Å². The zero-order chi connectivity index (χ0) is 18.1.